The van der Waals surface area contributed by atoms with Gasteiger partial charge in [-0.2, -0.15) is 0 Å². The molecular weight excluding hydrogens is 314 g/mol. The molecule has 2 amide bonds. The lowest BCUT2D eigenvalue weighted by Crippen LogP contribution is -2.49. The van der Waals surface area contributed by atoms with Crippen LogP contribution in [0, 0.1) is 0 Å². The molecule has 2 N–H and O–H groups in total. The molecule has 2 aromatic carbocycles. The van der Waals surface area contributed by atoms with Crippen LogP contribution in [0.3, 0.4) is 0 Å². The summed E-state index contributed by atoms with van der Waals surface area (Å²) in [6.07, 6.45) is 2.95. The van der Waals surface area contributed by atoms with Gasteiger partial charge >= 0.3 is 0 Å². The maximum atomic E-state index is 12.9. The van der Waals surface area contributed by atoms with Crippen molar-refractivity contribution in [3.63, 3.8) is 0 Å². The molecule has 0 bridgehead atoms. The van der Waals surface area contributed by atoms with E-state index in [-0.39, 0.29) is 11.8 Å². The minimum Gasteiger partial charge on any atom is -0.361 e. The Morgan fingerprint density at radius 2 is 1.88 bits per heavy atom. The summed E-state index contributed by atoms with van der Waals surface area (Å²) >= 11 is 0. The third-order valence-corrected chi connectivity index (χ3v) is 4.74. The number of rotatable bonds is 3. The molecule has 3 aromatic rings. The Morgan fingerprint density at radius 1 is 1.12 bits per heavy atom. The smallest absolute Gasteiger partial charge is 0.247 e. The molecule has 0 radical (unpaired) electrons. The summed E-state index contributed by atoms with van der Waals surface area (Å²) in [7, 11) is 0. The van der Waals surface area contributed by atoms with Crippen LogP contribution in [0.1, 0.15) is 18.9 Å². The van der Waals surface area contributed by atoms with Gasteiger partial charge in [-0.05, 0) is 37.1 Å². The standard InChI is InChI=1S/C20H19N3O2/c1-13-20(25)22-17-8-4-5-9-18(17)23(13)19(24)11-10-14-12-21-16-7-3-2-6-15(14)16/h2-9,12-13,21H,10-11H2,1H3,(H,22,25)/t13-/m1/s1. The van der Waals surface area contributed by atoms with E-state index in [9.17, 15) is 9.59 Å². The summed E-state index contributed by atoms with van der Waals surface area (Å²) < 4.78 is 0. The Kier molecular flexibility index (Phi) is 3.76. The molecule has 1 aliphatic heterocycles. The summed E-state index contributed by atoms with van der Waals surface area (Å²) in [5.74, 6) is -0.195. The number of fused-ring (bicyclic) bond motifs is 2. The second-order valence-corrected chi connectivity index (χ2v) is 6.31. The first kappa shape index (κ1) is 15.4. The molecule has 2 heterocycles. The zero-order chi connectivity index (χ0) is 17.4. The quantitative estimate of drug-likeness (QED) is 0.771. The maximum absolute atomic E-state index is 12.9. The molecule has 4 rings (SSSR count). The molecule has 0 saturated heterocycles. The minimum absolute atomic E-state index is 0.0416. The van der Waals surface area contributed by atoms with Gasteiger partial charge in [0.1, 0.15) is 6.04 Å². The van der Waals surface area contributed by atoms with Crippen LogP contribution in [-0.2, 0) is 16.0 Å². The number of carbonyl (C=O) groups excluding carboxylic acids is 2. The second-order valence-electron chi connectivity index (χ2n) is 6.31. The molecule has 1 atom stereocenters. The Hall–Kier alpha value is -3.08. The molecule has 1 aromatic heterocycles. The highest BCUT2D eigenvalue weighted by molar-refractivity contribution is 6.11. The molecule has 5 heteroatoms. The van der Waals surface area contributed by atoms with Crippen LogP contribution in [0.4, 0.5) is 11.4 Å². The normalized spacial score (nSPS) is 16.6. The van der Waals surface area contributed by atoms with Gasteiger partial charge in [0.05, 0.1) is 11.4 Å². The molecule has 0 aliphatic carbocycles. The van der Waals surface area contributed by atoms with Crippen LogP contribution in [0.15, 0.2) is 54.7 Å². The fourth-order valence-corrected chi connectivity index (χ4v) is 3.40. The summed E-state index contributed by atoms with van der Waals surface area (Å²) in [4.78, 5) is 29.9. The van der Waals surface area contributed by atoms with Gasteiger partial charge in [-0.25, -0.2) is 0 Å². The van der Waals surface area contributed by atoms with Crippen molar-refractivity contribution in [2.45, 2.75) is 25.8 Å². The van der Waals surface area contributed by atoms with Gasteiger partial charge < -0.3 is 10.3 Å². The zero-order valence-electron chi connectivity index (χ0n) is 14.0. The Labute approximate surface area is 145 Å². The minimum atomic E-state index is -0.509. The number of aryl methyl sites for hydroxylation is 1. The Bertz CT molecular complexity index is 960. The van der Waals surface area contributed by atoms with Crippen molar-refractivity contribution >= 4 is 34.1 Å². The van der Waals surface area contributed by atoms with Gasteiger partial charge in [0.25, 0.3) is 0 Å². The number of hydrogen-bond donors (Lipinski definition) is 2. The first-order valence-electron chi connectivity index (χ1n) is 8.42. The largest absolute Gasteiger partial charge is 0.361 e. The molecule has 25 heavy (non-hydrogen) atoms. The Balaban J connectivity index is 1.57. The molecule has 0 fully saturated rings. The zero-order valence-corrected chi connectivity index (χ0v) is 14.0. The highest BCUT2D eigenvalue weighted by Crippen LogP contribution is 2.32. The highest BCUT2D eigenvalue weighted by Gasteiger charge is 2.33. The van der Waals surface area contributed by atoms with Crippen LogP contribution in [0.25, 0.3) is 10.9 Å². The van der Waals surface area contributed by atoms with Crippen molar-refractivity contribution in [2.75, 3.05) is 10.2 Å². The van der Waals surface area contributed by atoms with Crippen molar-refractivity contribution in [1.29, 1.82) is 0 Å². The van der Waals surface area contributed by atoms with Crippen molar-refractivity contribution < 1.29 is 9.59 Å². The monoisotopic (exact) mass is 333 g/mol. The molecule has 5 nitrogen and oxygen atoms in total. The summed E-state index contributed by atoms with van der Waals surface area (Å²) in [5.41, 5.74) is 3.64. The maximum Gasteiger partial charge on any atom is 0.247 e. The van der Waals surface area contributed by atoms with E-state index in [1.54, 1.807) is 11.8 Å². The fourth-order valence-electron chi connectivity index (χ4n) is 3.40. The highest BCUT2D eigenvalue weighted by atomic mass is 16.2. The molecule has 0 spiro atoms. The number of amides is 2. The van der Waals surface area contributed by atoms with Gasteiger partial charge in [0.15, 0.2) is 0 Å². The van der Waals surface area contributed by atoms with Crippen LogP contribution in [0.2, 0.25) is 0 Å². The van der Waals surface area contributed by atoms with Crippen molar-refractivity contribution in [3.05, 3.63) is 60.3 Å². The lowest BCUT2D eigenvalue weighted by atomic mass is 10.1. The van der Waals surface area contributed by atoms with Gasteiger partial charge in [-0.15, -0.1) is 0 Å². The average Bonchev–Trinajstić information content (AvgIpc) is 3.04. The summed E-state index contributed by atoms with van der Waals surface area (Å²) in [6.45, 7) is 1.76. The molecule has 1 aliphatic rings. The average molecular weight is 333 g/mol. The number of H-pyrrole nitrogens is 1. The van der Waals surface area contributed by atoms with E-state index in [0.717, 1.165) is 22.2 Å². The number of aromatic amines is 1. The van der Waals surface area contributed by atoms with E-state index in [4.69, 9.17) is 0 Å². The number of nitrogens with one attached hydrogen (secondary N) is 2. The van der Waals surface area contributed by atoms with Gasteiger partial charge in [-0.1, -0.05) is 30.3 Å². The van der Waals surface area contributed by atoms with E-state index in [1.807, 2.05) is 48.7 Å². The van der Waals surface area contributed by atoms with E-state index in [0.29, 0.717) is 18.5 Å². The topological polar surface area (TPSA) is 65.2 Å². The van der Waals surface area contributed by atoms with Gasteiger partial charge in [-0.3, -0.25) is 14.5 Å². The number of para-hydroxylation sites is 3. The number of carbonyl (C=O) groups is 2. The molecular formula is C20H19N3O2. The lowest BCUT2D eigenvalue weighted by Gasteiger charge is -2.34. The van der Waals surface area contributed by atoms with E-state index in [1.165, 1.54) is 0 Å². The van der Waals surface area contributed by atoms with Crippen molar-refractivity contribution in [1.82, 2.24) is 4.98 Å². The number of aromatic nitrogens is 1. The fraction of sp³-hybridized carbons (Fsp3) is 0.200. The van der Waals surface area contributed by atoms with Crippen LogP contribution < -0.4 is 10.2 Å². The SMILES string of the molecule is C[C@@H]1C(=O)Nc2ccccc2N1C(=O)CCc1c[nH]c2ccccc12. The van der Waals surface area contributed by atoms with Crippen LogP contribution in [0.5, 0.6) is 0 Å². The molecule has 126 valence electrons. The van der Waals surface area contributed by atoms with Crippen molar-refractivity contribution in [3.8, 4) is 0 Å². The lowest BCUT2D eigenvalue weighted by molar-refractivity contribution is -0.123. The third kappa shape index (κ3) is 2.67. The number of benzene rings is 2. The summed E-state index contributed by atoms with van der Waals surface area (Å²) in [6, 6.07) is 15.0. The number of hydrogen-bond acceptors (Lipinski definition) is 2. The number of nitrogens with zero attached hydrogens (tertiary/aromatic N) is 1. The summed E-state index contributed by atoms with van der Waals surface area (Å²) in [5, 5.41) is 3.99. The van der Waals surface area contributed by atoms with Crippen LogP contribution in [-0.4, -0.2) is 22.8 Å². The van der Waals surface area contributed by atoms with Gasteiger partial charge in [0, 0.05) is 23.5 Å². The first-order valence-corrected chi connectivity index (χ1v) is 8.42. The first-order chi connectivity index (χ1) is 12.1. The molecule has 0 saturated carbocycles. The molecule has 0 unspecified atom stereocenters. The van der Waals surface area contributed by atoms with E-state index < -0.39 is 6.04 Å². The van der Waals surface area contributed by atoms with E-state index in [2.05, 4.69) is 16.4 Å². The Morgan fingerprint density at radius 3 is 2.76 bits per heavy atom. The predicted molar refractivity (Wildman–Crippen MR) is 98.6 cm³/mol. The van der Waals surface area contributed by atoms with E-state index >= 15 is 0 Å². The predicted octanol–water partition coefficient (Wildman–Crippen LogP) is 3.47. The van der Waals surface area contributed by atoms with Crippen molar-refractivity contribution in [2.24, 2.45) is 0 Å². The second kappa shape index (κ2) is 6.09. The third-order valence-electron chi connectivity index (χ3n) is 4.74. The van der Waals surface area contributed by atoms with Crippen LogP contribution >= 0.6 is 0 Å². The number of anilines is 2. The van der Waals surface area contributed by atoms with Gasteiger partial charge in [0.2, 0.25) is 11.8 Å².